The van der Waals surface area contributed by atoms with Crippen LogP contribution in [0.15, 0.2) is 72.8 Å². The second kappa shape index (κ2) is 12.8. The summed E-state index contributed by atoms with van der Waals surface area (Å²) in [6.07, 6.45) is 2.89. The molecule has 1 aliphatic heterocycles. The van der Waals surface area contributed by atoms with Crippen LogP contribution in [0.5, 0.6) is 11.5 Å². The molecule has 1 aliphatic rings. The number of carboxylic acids is 2. The van der Waals surface area contributed by atoms with Crippen LogP contribution in [0.1, 0.15) is 36.0 Å². The Labute approximate surface area is 217 Å². The second-order valence-corrected chi connectivity index (χ2v) is 9.23. The smallest absolute Gasteiger partial charge is 0.346 e. The lowest BCUT2D eigenvalue weighted by Gasteiger charge is -2.35. The van der Waals surface area contributed by atoms with Crippen molar-refractivity contribution in [2.75, 3.05) is 24.6 Å². The summed E-state index contributed by atoms with van der Waals surface area (Å²) in [5.74, 6) is -0.461. The van der Waals surface area contributed by atoms with E-state index in [1.54, 1.807) is 0 Å². The highest BCUT2D eigenvalue weighted by Gasteiger charge is 2.31. The number of para-hydroxylation sites is 1. The van der Waals surface area contributed by atoms with Gasteiger partial charge in [-0.05, 0) is 67.0 Å². The van der Waals surface area contributed by atoms with Crippen LogP contribution in [0.3, 0.4) is 0 Å². The standard InChI is InChI=1S/C30H33NO6/c32-28(33)12-5-19-31-21-27(30(34)35)37-29-24(10-4-11-26(29)31)16-13-23-14-17-25(18-15-23)36-20-6-9-22-7-2-1-3-8-22/h1-4,7-8,10-11,14-15,17-18,27H,5-6,9,12-13,16,19-21H2,(H,32,33)(H,34,35). The van der Waals surface area contributed by atoms with Crippen molar-refractivity contribution in [2.45, 2.75) is 44.6 Å². The van der Waals surface area contributed by atoms with Gasteiger partial charge in [0.15, 0.2) is 0 Å². The summed E-state index contributed by atoms with van der Waals surface area (Å²) in [6, 6.07) is 24.3. The maximum atomic E-state index is 11.7. The van der Waals surface area contributed by atoms with Crippen molar-refractivity contribution in [3.63, 3.8) is 0 Å². The molecule has 0 saturated carbocycles. The first-order chi connectivity index (χ1) is 18.0. The Balaban J connectivity index is 1.34. The zero-order valence-electron chi connectivity index (χ0n) is 20.8. The zero-order chi connectivity index (χ0) is 26.0. The molecule has 0 aromatic heterocycles. The molecule has 194 valence electrons. The number of benzene rings is 3. The molecular weight excluding hydrogens is 470 g/mol. The number of carboxylic acid groups (broad SMARTS) is 2. The van der Waals surface area contributed by atoms with Gasteiger partial charge in [-0.3, -0.25) is 4.79 Å². The van der Waals surface area contributed by atoms with Crippen LogP contribution < -0.4 is 14.4 Å². The van der Waals surface area contributed by atoms with Gasteiger partial charge in [0.1, 0.15) is 11.5 Å². The molecule has 0 bridgehead atoms. The third-order valence-corrected chi connectivity index (χ3v) is 6.48. The Morgan fingerprint density at radius 2 is 1.62 bits per heavy atom. The van der Waals surface area contributed by atoms with Gasteiger partial charge in [-0.15, -0.1) is 0 Å². The minimum Gasteiger partial charge on any atom is -0.494 e. The number of fused-ring (bicyclic) bond motifs is 1. The highest BCUT2D eigenvalue weighted by molar-refractivity contribution is 5.77. The molecule has 7 heteroatoms. The lowest BCUT2D eigenvalue weighted by Crippen LogP contribution is -2.45. The van der Waals surface area contributed by atoms with Gasteiger partial charge < -0.3 is 24.6 Å². The van der Waals surface area contributed by atoms with Gasteiger partial charge in [-0.25, -0.2) is 4.79 Å². The van der Waals surface area contributed by atoms with E-state index in [4.69, 9.17) is 14.6 Å². The average molecular weight is 504 g/mol. The predicted molar refractivity (Wildman–Crippen MR) is 142 cm³/mol. The molecule has 1 atom stereocenters. The van der Waals surface area contributed by atoms with E-state index in [0.29, 0.717) is 31.7 Å². The largest absolute Gasteiger partial charge is 0.494 e. The van der Waals surface area contributed by atoms with E-state index in [1.807, 2.05) is 41.3 Å². The van der Waals surface area contributed by atoms with Crippen molar-refractivity contribution >= 4 is 17.6 Å². The van der Waals surface area contributed by atoms with Gasteiger partial charge in [0.2, 0.25) is 6.10 Å². The molecule has 7 nitrogen and oxygen atoms in total. The van der Waals surface area contributed by atoms with Crippen molar-refractivity contribution in [3.8, 4) is 11.5 Å². The first-order valence-electron chi connectivity index (χ1n) is 12.7. The number of nitrogens with zero attached hydrogens (tertiary/aromatic N) is 1. The number of hydrogen-bond acceptors (Lipinski definition) is 5. The van der Waals surface area contributed by atoms with Crippen molar-refractivity contribution in [3.05, 3.63) is 89.5 Å². The molecule has 0 amide bonds. The lowest BCUT2D eigenvalue weighted by molar-refractivity contribution is -0.145. The molecule has 0 spiro atoms. The van der Waals surface area contributed by atoms with Crippen LogP contribution in [-0.2, 0) is 28.9 Å². The minimum atomic E-state index is -1.02. The topological polar surface area (TPSA) is 96.3 Å². The summed E-state index contributed by atoms with van der Waals surface area (Å²) < 4.78 is 11.8. The fourth-order valence-electron chi connectivity index (χ4n) is 4.53. The van der Waals surface area contributed by atoms with Gasteiger partial charge in [0.25, 0.3) is 0 Å². The van der Waals surface area contributed by atoms with E-state index in [0.717, 1.165) is 41.8 Å². The predicted octanol–water partition coefficient (Wildman–Crippen LogP) is 5.00. The van der Waals surface area contributed by atoms with Crippen LogP contribution in [0.4, 0.5) is 5.69 Å². The molecule has 0 fully saturated rings. The van der Waals surface area contributed by atoms with Gasteiger partial charge in [0.05, 0.1) is 18.8 Å². The van der Waals surface area contributed by atoms with Crippen LogP contribution in [-0.4, -0.2) is 48.0 Å². The summed E-state index contributed by atoms with van der Waals surface area (Å²) in [4.78, 5) is 24.6. The maximum Gasteiger partial charge on any atom is 0.346 e. The summed E-state index contributed by atoms with van der Waals surface area (Å²) in [5, 5.41) is 18.6. The first kappa shape index (κ1) is 26.1. The molecule has 1 unspecified atom stereocenters. The van der Waals surface area contributed by atoms with E-state index in [1.165, 1.54) is 5.56 Å². The third kappa shape index (κ3) is 7.49. The number of aryl methyl sites for hydroxylation is 3. The lowest BCUT2D eigenvalue weighted by atomic mass is 10.0. The van der Waals surface area contributed by atoms with Crippen molar-refractivity contribution in [2.24, 2.45) is 0 Å². The van der Waals surface area contributed by atoms with Crippen LogP contribution >= 0.6 is 0 Å². The Morgan fingerprint density at radius 3 is 2.35 bits per heavy atom. The van der Waals surface area contributed by atoms with Gasteiger partial charge in [0, 0.05) is 13.0 Å². The molecule has 4 rings (SSSR count). The Morgan fingerprint density at radius 1 is 0.865 bits per heavy atom. The molecular formula is C30H33NO6. The molecule has 2 N–H and O–H groups in total. The highest BCUT2D eigenvalue weighted by Crippen LogP contribution is 2.37. The van der Waals surface area contributed by atoms with Crippen molar-refractivity contribution in [1.29, 1.82) is 0 Å². The molecule has 37 heavy (non-hydrogen) atoms. The van der Waals surface area contributed by atoms with Crippen LogP contribution in [0.2, 0.25) is 0 Å². The quantitative estimate of drug-likeness (QED) is 0.317. The van der Waals surface area contributed by atoms with E-state index in [2.05, 4.69) is 36.4 Å². The molecule has 1 heterocycles. The zero-order valence-corrected chi connectivity index (χ0v) is 20.8. The fraction of sp³-hybridized carbons (Fsp3) is 0.333. The third-order valence-electron chi connectivity index (χ3n) is 6.48. The Bertz CT molecular complexity index is 1180. The van der Waals surface area contributed by atoms with Gasteiger partial charge in [-0.2, -0.15) is 0 Å². The molecule has 0 saturated heterocycles. The van der Waals surface area contributed by atoms with E-state index < -0.39 is 18.0 Å². The summed E-state index contributed by atoms with van der Waals surface area (Å²) in [7, 11) is 0. The minimum absolute atomic E-state index is 0.0385. The molecule has 3 aromatic rings. The van der Waals surface area contributed by atoms with Gasteiger partial charge in [-0.1, -0.05) is 54.6 Å². The number of carbonyl (C=O) groups is 2. The van der Waals surface area contributed by atoms with Crippen molar-refractivity contribution < 1.29 is 29.3 Å². The molecule has 0 radical (unpaired) electrons. The number of aliphatic carboxylic acids is 2. The normalized spacial score (nSPS) is 14.5. The number of rotatable bonds is 13. The maximum absolute atomic E-state index is 11.7. The Kier molecular flexibility index (Phi) is 9.03. The summed E-state index contributed by atoms with van der Waals surface area (Å²) in [5.41, 5.74) is 4.22. The van der Waals surface area contributed by atoms with E-state index in [9.17, 15) is 14.7 Å². The number of anilines is 1. The summed E-state index contributed by atoms with van der Waals surface area (Å²) >= 11 is 0. The number of hydrogen-bond donors (Lipinski definition) is 2. The summed E-state index contributed by atoms with van der Waals surface area (Å²) in [6.45, 7) is 1.32. The van der Waals surface area contributed by atoms with E-state index >= 15 is 0 Å². The highest BCUT2D eigenvalue weighted by atomic mass is 16.5. The van der Waals surface area contributed by atoms with Gasteiger partial charge >= 0.3 is 11.9 Å². The molecule has 0 aliphatic carbocycles. The van der Waals surface area contributed by atoms with E-state index in [-0.39, 0.29) is 13.0 Å². The first-order valence-corrected chi connectivity index (χ1v) is 12.7. The average Bonchev–Trinajstić information content (AvgIpc) is 2.91. The fourth-order valence-corrected chi connectivity index (χ4v) is 4.53. The van der Waals surface area contributed by atoms with Crippen LogP contribution in [0.25, 0.3) is 0 Å². The number of ether oxygens (including phenoxy) is 2. The molecule has 3 aromatic carbocycles. The van der Waals surface area contributed by atoms with Crippen molar-refractivity contribution in [1.82, 2.24) is 0 Å². The SMILES string of the molecule is O=C(O)CCCN1CC(C(=O)O)Oc2c(CCc3ccc(OCCCc4ccccc4)cc3)cccc21. The second-order valence-electron chi connectivity index (χ2n) is 9.23. The Hall–Kier alpha value is -4.00. The monoisotopic (exact) mass is 503 g/mol. The van der Waals surface area contributed by atoms with Crippen LogP contribution in [0, 0.1) is 0 Å².